The first kappa shape index (κ1) is 18.0. The Morgan fingerprint density at radius 2 is 2.05 bits per heavy atom. The molecule has 1 rings (SSSR count). The second kappa shape index (κ2) is 10.6. The van der Waals surface area contributed by atoms with Crippen LogP contribution in [0, 0.1) is 12.8 Å². The molecule has 0 fully saturated rings. The first-order chi connectivity index (χ1) is 10.2. The highest BCUT2D eigenvalue weighted by Gasteiger charge is 2.04. The topological polar surface area (TPSA) is 49.3 Å². The third kappa shape index (κ3) is 7.46. The Balaban J connectivity index is 2.31. The molecule has 1 heterocycles. The van der Waals surface area contributed by atoms with Gasteiger partial charge in [-0.1, -0.05) is 26.7 Å². The number of nitrogens with one attached hydrogen (secondary N) is 2. The highest BCUT2D eigenvalue weighted by Crippen LogP contribution is 2.10. The van der Waals surface area contributed by atoms with Crippen LogP contribution in [0.5, 0.6) is 0 Å². The van der Waals surface area contributed by atoms with Crippen LogP contribution < -0.4 is 10.6 Å². The Morgan fingerprint density at radius 3 is 2.62 bits per heavy atom. The lowest BCUT2D eigenvalue weighted by molar-refractivity contribution is 0.504. The molecule has 0 unspecified atom stereocenters. The molecule has 0 aliphatic carbocycles. The fourth-order valence-corrected chi connectivity index (χ4v) is 2.89. The van der Waals surface area contributed by atoms with Gasteiger partial charge in [0.15, 0.2) is 5.96 Å². The number of hydrogen-bond acceptors (Lipinski definition) is 3. The summed E-state index contributed by atoms with van der Waals surface area (Å²) in [6.45, 7) is 11.4. The van der Waals surface area contributed by atoms with E-state index < -0.39 is 0 Å². The Bertz CT molecular complexity index is 410. The van der Waals surface area contributed by atoms with Crippen molar-refractivity contribution < 1.29 is 0 Å². The third-order valence-electron chi connectivity index (χ3n) is 3.53. The van der Waals surface area contributed by atoms with E-state index in [1.165, 1.54) is 17.8 Å². The number of aliphatic imine (C=N–C) groups is 1. The number of aryl methyl sites for hydroxylation is 2. The number of aromatic nitrogens is 1. The van der Waals surface area contributed by atoms with Crippen LogP contribution in [-0.4, -0.2) is 30.6 Å². The smallest absolute Gasteiger partial charge is 0.191 e. The second-order valence-corrected chi connectivity index (χ2v) is 6.26. The predicted octanol–water partition coefficient (Wildman–Crippen LogP) is 3.38. The number of nitrogens with zero attached hydrogens (tertiary/aromatic N) is 2. The molecule has 5 heteroatoms. The number of guanidine groups is 1. The van der Waals surface area contributed by atoms with Gasteiger partial charge in [-0.05, 0) is 26.2 Å². The highest BCUT2D eigenvalue weighted by atomic mass is 32.1. The monoisotopic (exact) mass is 310 g/mol. The van der Waals surface area contributed by atoms with Gasteiger partial charge in [-0.25, -0.2) is 4.98 Å². The van der Waals surface area contributed by atoms with Crippen LogP contribution in [0.25, 0.3) is 0 Å². The molecule has 0 aliphatic rings. The first-order valence-electron chi connectivity index (χ1n) is 8.12. The average molecular weight is 311 g/mol. The zero-order valence-electron chi connectivity index (χ0n) is 13.9. The van der Waals surface area contributed by atoms with E-state index in [9.17, 15) is 0 Å². The highest BCUT2D eigenvalue weighted by molar-refractivity contribution is 7.09. The van der Waals surface area contributed by atoms with Gasteiger partial charge in [-0.2, -0.15) is 0 Å². The summed E-state index contributed by atoms with van der Waals surface area (Å²) in [5.41, 5.74) is 1.13. The van der Waals surface area contributed by atoms with Crippen molar-refractivity contribution >= 4 is 17.3 Å². The zero-order valence-corrected chi connectivity index (χ0v) is 14.7. The van der Waals surface area contributed by atoms with Gasteiger partial charge in [0.1, 0.15) is 0 Å². The van der Waals surface area contributed by atoms with Crippen molar-refractivity contribution in [3.05, 3.63) is 16.1 Å². The molecule has 1 aromatic heterocycles. The van der Waals surface area contributed by atoms with E-state index in [0.29, 0.717) is 5.92 Å². The van der Waals surface area contributed by atoms with Crippen molar-refractivity contribution in [3.8, 4) is 0 Å². The molecule has 4 nitrogen and oxygen atoms in total. The van der Waals surface area contributed by atoms with Crippen LogP contribution in [0.1, 0.15) is 50.7 Å². The Labute approximate surface area is 133 Å². The molecule has 2 N–H and O–H groups in total. The molecule has 120 valence electrons. The predicted molar refractivity (Wildman–Crippen MR) is 93.2 cm³/mol. The molecule has 0 atom stereocenters. The van der Waals surface area contributed by atoms with Crippen LogP contribution in [0.2, 0.25) is 0 Å². The lowest BCUT2D eigenvalue weighted by Gasteiger charge is -2.13. The SMILES string of the molecule is CCNC(=NCC(CC)CC)NCCCc1nc(C)cs1. The molecule has 0 aliphatic heterocycles. The summed E-state index contributed by atoms with van der Waals surface area (Å²) in [6, 6.07) is 0. The standard InChI is InChI=1S/C16H30N4S/c1-5-14(6-2)11-19-16(17-7-3)18-10-8-9-15-20-13(4)12-21-15/h12,14H,5-11H2,1-4H3,(H2,17,18,19). The third-order valence-corrected chi connectivity index (χ3v) is 4.56. The van der Waals surface area contributed by atoms with E-state index in [-0.39, 0.29) is 0 Å². The molecule has 0 amide bonds. The fourth-order valence-electron chi connectivity index (χ4n) is 2.07. The van der Waals surface area contributed by atoms with Crippen LogP contribution in [0.15, 0.2) is 10.4 Å². The van der Waals surface area contributed by atoms with E-state index in [0.717, 1.165) is 44.1 Å². The maximum atomic E-state index is 4.69. The van der Waals surface area contributed by atoms with Gasteiger partial charge in [-0.15, -0.1) is 11.3 Å². The summed E-state index contributed by atoms with van der Waals surface area (Å²) in [5, 5.41) is 10.1. The molecule has 0 bridgehead atoms. The van der Waals surface area contributed by atoms with Crippen molar-refractivity contribution in [2.75, 3.05) is 19.6 Å². The number of hydrogen-bond donors (Lipinski definition) is 2. The number of thiazole rings is 1. The van der Waals surface area contributed by atoms with Crippen molar-refractivity contribution in [2.45, 2.75) is 53.4 Å². The largest absolute Gasteiger partial charge is 0.357 e. The number of rotatable bonds is 9. The van der Waals surface area contributed by atoms with Gasteiger partial charge in [0.05, 0.1) is 5.01 Å². The van der Waals surface area contributed by atoms with E-state index in [1.807, 2.05) is 6.92 Å². The Morgan fingerprint density at radius 1 is 1.29 bits per heavy atom. The van der Waals surface area contributed by atoms with Gasteiger partial charge >= 0.3 is 0 Å². The minimum absolute atomic E-state index is 0.693. The summed E-state index contributed by atoms with van der Waals surface area (Å²) < 4.78 is 0. The van der Waals surface area contributed by atoms with Gasteiger partial charge < -0.3 is 10.6 Å². The lowest BCUT2D eigenvalue weighted by Crippen LogP contribution is -2.38. The van der Waals surface area contributed by atoms with E-state index >= 15 is 0 Å². The maximum absolute atomic E-state index is 4.69. The summed E-state index contributed by atoms with van der Waals surface area (Å²) in [4.78, 5) is 9.18. The first-order valence-corrected chi connectivity index (χ1v) is 9.00. The summed E-state index contributed by atoms with van der Waals surface area (Å²) in [6.07, 6.45) is 4.52. The van der Waals surface area contributed by atoms with E-state index in [2.05, 4.69) is 46.8 Å². The fraction of sp³-hybridized carbons (Fsp3) is 0.750. The summed E-state index contributed by atoms with van der Waals surface area (Å²) in [5.74, 6) is 1.64. The Kier molecular flexibility index (Phi) is 9.06. The zero-order chi connectivity index (χ0) is 15.5. The molecule has 0 aromatic carbocycles. The molecule has 0 saturated carbocycles. The second-order valence-electron chi connectivity index (χ2n) is 5.32. The van der Waals surface area contributed by atoms with E-state index in [4.69, 9.17) is 0 Å². The molecule has 21 heavy (non-hydrogen) atoms. The Hall–Kier alpha value is -1.10. The minimum Gasteiger partial charge on any atom is -0.357 e. The van der Waals surface area contributed by atoms with E-state index in [1.54, 1.807) is 11.3 Å². The lowest BCUT2D eigenvalue weighted by atomic mass is 10.0. The van der Waals surface area contributed by atoms with Crippen molar-refractivity contribution in [1.82, 2.24) is 15.6 Å². The van der Waals surface area contributed by atoms with Crippen LogP contribution in [-0.2, 0) is 6.42 Å². The van der Waals surface area contributed by atoms with Gasteiger partial charge in [0.25, 0.3) is 0 Å². The molecular formula is C16H30N4S. The summed E-state index contributed by atoms with van der Waals surface area (Å²) in [7, 11) is 0. The van der Waals surface area contributed by atoms with Crippen molar-refractivity contribution in [2.24, 2.45) is 10.9 Å². The molecule has 0 spiro atoms. The average Bonchev–Trinajstić information content (AvgIpc) is 2.90. The molecule has 0 saturated heterocycles. The minimum atomic E-state index is 0.693. The molecular weight excluding hydrogens is 280 g/mol. The van der Waals surface area contributed by atoms with Crippen molar-refractivity contribution in [1.29, 1.82) is 0 Å². The van der Waals surface area contributed by atoms with Gasteiger partial charge in [-0.3, -0.25) is 4.99 Å². The van der Waals surface area contributed by atoms with Gasteiger partial charge in [0.2, 0.25) is 0 Å². The van der Waals surface area contributed by atoms with Crippen LogP contribution in [0.4, 0.5) is 0 Å². The normalized spacial score (nSPS) is 12.0. The molecule has 0 radical (unpaired) electrons. The summed E-state index contributed by atoms with van der Waals surface area (Å²) >= 11 is 1.75. The van der Waals surface area contributed by atoms with Crippen LogP contribution in [0.3, 0.4) is 0 Å². The van der Waals surface area contributed by atoms with Gasteiger partial charge in [0, 0.05) is 37.1 Å². The van der Waals surface area contributed by atoms with Crippen LogP contribution >= 0.6 is 11.3 Å². The maximum Gasteiger partial charge on any atom is 0.191 e. The van der Waals surface area contributed by atoms with Crippen molar-refractivity contribution in [3.63, 3.8) is 0 Å². The quantitative estimate of drug-likeness (QED) is 0.418. The molecule has 1 aromatic rings.